The van der Waals surface area contributed by atoms with E-state index in [1.165, 1.54) is 0 Å². The molecule has 0 bridgehead atoms. The van der Waals surface area contributed by atoms with Gasteiger partial charge in [0.15, 0.2) is 5.82 Å². The molecule has 1 aliphatic heterocycles. The van der Waals surface area contributed by atoms with Crippen LogP contribution in [-0.2, 0) is 11.2 Å². The van der Waals surface area contributed by atoms with Crippen LogP contribution in [-0.4, -0.2) is 54.4 Å². The SMILES string of the molecule is CCc1nc(OC(CC)CC)c(NC)nc1-c1ccc(N2CCOCC2)nc1C. The number of hydrogen-bond acceptors (Lipinski definition) is 7. The number of pyridine rings is 1. The van der Waals surface area contributed by atoms with Crippen molar-refractivity contribution in [1.82, 2.24) is 15.0 Å². The summed E-state index contributed by atoms with van der Waals surface area (Å²) >= 11 is 0. The van der Waals surface area contributed by atoms with Crippen LogP contribution >= 0.6 is 0 Å². The van der Waals surface area contributed by atoms with Crippen LogP contribution in [0.1, 0.15) is 45.0 Å². The minimum absolute atomic E-state index is 0.142. The fourth-order valence-corrected chi connectivity index (χ4v) is 3.54. The van der Waals surface area contributed by atoms with Crippen LogP contribution in [0.2, 0.25) is 0 Å². The molecule has 0 saturated carbocycles. The lowest BCUT2D eigenvalue weighted by Crippen LogP contribution is -2.36. The van der Waals surface area contributed by atoms with Crippen molar-refractivity contribution in [2.75, 3.05) is 43.6 Å². The first-order chi connectivity index (χ1) is 14.1. The number of rotatable bonds is 8. The zero-order valence-electron chi connectivity index (χ0n) is 18.3. The first kappa shape index (κ1) is 21.3. The molecule has 7 nitrogen and oxygen atoms in total. The summed E-state index contributed by atoms with van der Waals surface area (Å²) in [5.74, 6) is 2.24. The lowest BCUT2D eigenvalue weighted by atomic mass is 10.1. The molecule has 2 aromatic heterocycles. The fourth-order valence-electron chi connectivity index (χ4n) is 3.54. The summed E-state index contributed by atoms with van der Waals surface area (Å²) in [5.41, 5.74) is 3.76. The molecule has 29 heavy (non-hydrogen) atoms. The Bertz CT molecular complexity index is 817. The van der Waals surface area contributed by atoms with Gasteiger partial charge in [-0.3, -0.25) is 0 Å². The maximum Gasteiger partial charge on any atom is 0.257 e. The molecule has 0 radical (unpaired) electrons. The van der Waals surface area contributed by atoms with Crippen molar-refractivity contribution >= 4 is 11.6 Å². The average Bonchev–Trinajstić information content (AvgIpc) is 2.77. The van der Waals surface area contributed by atoms with Gasteiger partial charge in [-0.1, -0.05) is 20.8 Å². The Morgan fingerprint density at radius 3 is 2.41 bits per heavy atom. The Morgan fingerprint density at radius 1 is 1.10 bits per heavy atom. The van der Waals surface area contributed by atoms with Crippen LogP contribution in [0.5, 0.6) is 5.88 Å². The topological polar surface area (TPSA) is 72.4 Å². The highest BCUT2D eigenvalue weighted by atomic mass is 16.5. The molecule has 3 heterocycles. The van der Waals surface area contributed by atoms with E-state index in [4.69, 9.17) is 24.4 Å². The molecule has 1 N–H and O–H groups in total. The average molecular weight is 400 g/mol. The van der Waals surface area contributed by atoms with Gasteiger partial charge in [-0.25, -0.2) is 15.0 Å². The highest BCUT2D eigenvalue weighted by molar-refractivity contribution is 5.68. The van der Waals surface area contributed by atoms with Crippen LogP contribution < -0.4 is 15.0 Å². The highest BCUT2D eigenvalue weighted by Gasteiger charge is 2.20. The van der Waals surface area contributed by atoms with Crippen molar-refractivity contribution in [3.05, 3.63) is 23.5 Å². The Morgan fingerprint density at radius 2 is 1.83 bits per heavy atom. The van der Waals surface area contributed by atoms with Gasteiger partial charge in [0.05, 0.1) is 24.6 Å². The largest absolute Gasteiger partial charge is 0.472 e. The maximum atomic E-state index is 6.13. The number of ether oxygens (including phenoxy) is 2. The second-order valence-corrected chi connectivity index (χ2v) is 7.23. The number of anilines is 2. The summed E-state index contributed by atoms with van der Waals surface area (Å²) in [6.07, 6.45) is 2.80. The molecular weight excluding hydrogens is 366 g/mol. The zero-order valence-corrected chi connectivity index (χ0v) is 18.3. The molecule has 2 aromatic rings. The molecule has 0 unspecified atom stereocenters. The normalized spacial score (nSPS) is 14.3. The Labute approximate surface area is 173 Å². The molecule has 0 spiro atoms. The van der Waals surface area contributed by atoms with Crippen molar-refractivity contribution in [2.24, 2.45) is 0 Å². The van der Waals surface area contributed by atoms with Gasteiger partial charge in [0.2, 0.25) is 0 Å². The highest BCUT2D eigenvalue weighted by Crippen LogP contribution is 2.31. The number of aryl methyl sites for hydroxylation is 2. The third kappa shape index (κ3) is 4.78. The van der Waals surface area contributed by atoms with E-state index in [-0.39, 0.29) is 6.10 Å². The molecular formula is C22H33N5O2. The lowest BCUT2D eigenvalue weighted by molar-refractivity contribution is 0.122. The molecule has 0 atom stereocenters. The van der Waals surface area contributed by atoms with E-state index in [0.717, 1.165) is 74.0 Å². The van der Waals surface area contributed by atoms with Gasteiger partial charge in [0, 0.05) is 31.4 Å². The molecule has 0 aliphatic carbocycles. The van der Waals surface area contributed by atoms with E-state index in [2.05, 4.69) is 43.1 Å². The maximum absolute atomic E-state index is 6.13. The molecule has 1 aliphatic rings. The summed E-state index contributed by atoms with van der Waals surface area (Å²) in [7, 11) is 1.85. The van der Waals surface area contributed by atoms with Crippen LogP contribution in [0.4, 0.5) is 11.6 Å². The Kier molecular flexibility index (Phi) is 7.25. The van der Waals surface area contributed by atoms with Gasteiger partial charge in [-0.15, -0.1) is 0 Å². The van der Waals surface area contributed by atoms with E-state index in [1.807, 2.05) is 14.0 Å². The van der Waals surface area contributed by atoms with Gasteiger partial charge in [0.25, 0.3) is 5.88 Å². The van der Waals surface area contributed by atoms with Crippen molar-refractivity contribution < 1.29 is 9.47 Å². The van der Waals surface area contributed by atoms with Crippen molar-refractivity contribution in [3.8, 4) is 17.1 Å². The molecule has 0 amide bonds. The summed E-state index contributed by atoms with van der Waals surface area (Å²) in [6, 6.07) is 4.18. The van der Waals surface area contributed by atoms with Crippen molar-refractivity contribution in [1.29, 1.82) is 0 Å². The quantitative estimate of drug-likeness (QED) is 0.723. The third-order valence-corrected chi connectivity index (χ3v) is 5.36. The molecule has 1 fully saturated rings. The van der Waals surface area contributed by atoms with Gasteiger partial charge >= 0.3 is 0 Å². The molecule has 0 aromatic carbocycles. The smallest absolute Gasteiger partial charge is 0.257 e. The predicted molar refractivity (Wildman–Crippen MR) is 117 cm³/mol. The second kappa shape index (κ2) is 9.87. The van der Waals surface area contributed by atoms with E-state index in [1.54, 1.807) is 0 Å². The standard InChI is InChI=1S/C22H33N5O2/c1-6-16(7-2)29-22-21(23-5)26-20(18(8-3)25-22)17-9-10-19(24-15(17)4)27-11-13-28-14-12-27/h9-10,16H,6-8,11-14H2,1-5H3,(H,23,26). The van der Waals surface area contributed by atoms with Gasteiger partial charge in [-0.05, 0) is 38.3 Å². The van der Waals surface area contributed by atoms with Gasteiger partial charge in [0.1, 0.15) is 11.9 Å². The number of aromatic nitrogens is 3. The van der Waals surface area contributed by atoms with Crippen LogP contribution in [0.25, 0.3) is 11.3 Å². The first-order valence-electron chi connectivity index (χ1n) is 10.7. The molecule has 1 saturated heterocycles. The minimum atomic E-state index is 0.142. The lowest BCUT2D eigenvalue weighted by Gasteiger charge is -2.28. The minimum Gasteiger partial charge on any atom is -0.472 e. The van der Waals surface area contributed by atoms with Crippen LogP contribution in [0.3, 0.4) is 0 Å². The Hall–Kier alpha value is -2.41. The van der Waals surface area contributed by atoms with Crippen molar-refractivity contribution in [2.45, 2.75) is 53.1 Å². The summed E-state index contributed by atoms with van der Waals surface area (Å²) in [5, 5.41) is 3.15. The number of nitrogens with one attached hydrogen (secondary N) is 1. The third-order valence-electron chi connectivity index (χ3n) is 5.36. The molecule has 3 rings (SSSR count). The van der Waals surface area contributed by atoms with E-state index >= 15 is 0 Å². The second-order valence-electron chi connectivity index (χ2n) is 7.23. The Balaban J connectivity index is 1.96. The molecule has 158 valence electrons. The number of nitrogens with zero attached hydrogens (tertiary/aromatic N) is 4. The predicted octanol–water partition coefficient (Wildman–Crippen LogP) is 3.86. The summed E-state index contributed by atoms with van der Waals surface area (Å²) in [4.78, 5) is 16.8. The van der Waals surface area contributed by atoms with Gasteiger partial charge in [-0.2, -0.15) is 0 Å². The first-order valence-corrected chi connectivity index (χ1v) is 10.7. The number of hydrogen-bond donors (Lipinski definition) is 1. The van der Waals surface area contributed by atoms with E-state index < -0.39 is 0 Å². The fraction of sp³-hybridized carbons (Fsp3) is 0.591. The van der Waals surface area contributed by atoms with Crippen LogP contribution in [0, 0.1) is 6.92 Å². The zero-order chi connectivity index (χ0) is 20.8. The van der Waals surface area contributed by atoms with Crippen LogP contribution in [0.15, 0.2) is 12.1 Å². The van der Waals surface area contributed by atoms with Gasteiger partial charge < -0.3 is 19.7 Å². The van der Waals surface area contributed by atoms with Crippen molar-refractivity contribution in [3.63, 3.8) is 0 Å². The summed E-state index contributed by atoms with van der Waals surface area (Å²) in [6.45, 7) is 11.6. The number of morpholine rings is 1. The molecule has 7 heteroatoms. The van der Waals surface area contributed by atoms with E-state index in [0.29, 0.717) is 11.7 Å². The summed E-state index contributed by atoms with van der Waals surface area (Å²) < 4.78 is 11.6. The van der Waals surface area contributed by atoms with E-state index in [9.17, 15) is 0 Å². The monoisotopic (exact) mass is 399 g/mol.